The van der Waals surface area contributed by atoms with Crippen molar-refractivity contribution in [2.24, 2.45) is 5.73 Å². The summed E-state index contributed by atoms with van der Waals surface area (Å²) in [5.74, 6) is -0.597. The van der Waals surface area contributed by atoms with Crippen LogP contribution in [0.4, 0.5) is 0 Å². The van der Waals surface area contributed by atoms with Crippen LogP contribution in [0.25, 0.3) is 0 Å². The lowest BCUT2D eigenvalue weighted by atomic mass is 10.1. The maximum absolute atomic E-state index is 11.3. The molecule has 0 aliphatic carbocycles. The SMILES string of the molecule is COC(=O)[C@@H](N)c1c(Br)cc(Br)c(O)c1Br.Cl. The van der Waals surface area contributed by atoms with Crippen molar-refractivity contribution in [2.75, 3.05) is 7.11 Å². The third-order valence-electron chi connectivity index (χ3n) is 1.95. The second kappa shape index (κ2) is 6.94. The number of hydrogen-bond acceptors (Lipinski definition) is 4. The van der Waals surface area contributed by atoms with Gasteiger partial charge in [0, 0.05) is 10.0 Å². The van der Waals surface area contributed by atoms with Gasteiger partial charge in [-0.25, -0.2) is 0 Å². The molecule has 0 bridgehead atoms. The van der Waals surface area contributed by atoms with Crippen LogP contribution in [0.3, 0.4) is 0 Å². The highest BCUT2D eigenvalue weighted by Gasteiger charge is 2.24. The van der Waals surface area contributed by atoms with E-state index in [1.54, 1.807) is 6.07 Å². The number of ether oxygens (including phenoxy) is 1. The third-order valence-corrected chi connectivity index (χ3v) is 4.01. The van der Waals surface area contributed by atoms with Crippen LogP contribution in [0.5, 0.6) is 5.75 Å². The number of phenolic OH excluding ortho intramolecular Hbond substituents is 1. The predicted octanol–water partition coefficient (Wildman–Crippen LogP) is 3.27. The van der Waals surface area contributed by atoms with Crippen molar-refractivity contribution in [2.45, 2.75) is 6.04 Å². The average Bonchev–Trinajstić information content (AvgIpc) is 2.24. The van der Waals surface area contributed by atoms with Gasteiger partial charge in [0.2, 0.25) is 0 Å². The summed E-state index contributed by atoms with van der Waals surface area (Å²) < 4.78 is 5.99. The Morgan fingerprint density at radius 1 is 1.41 bits per heavy atom. The molecule has 0 aliphatic heterocycles. The van der Waals surface area contributed by atoms with E-state index in [1.165, 1.54) is 7.11 Å². The molecular formula is C9H9Br3ClNO3. The molecule has 0 unspecified atom stereocenters. The first-order chi connectivity index (χ1) is 7.40. The second-order valence-corrected chi connectivity index (χ2v) is 5.42. The number of phenols is 1. The number of halogens is 4. The number of rotatable bonds is 2. The molecule has 0 aromatic heterocycles. The van der Waals surface area contributed by atoms with Gasteiger partial charge in [-0.2, -0.15) is 0 Å². The lowest BCUT2D eigenvalue weighted by Crippen LogP contribution is -2.23. The van der Waals surface area contributed by atoms with Crippen LogP contribution < -0.4 is 5.73 Å². The number of nitrogens with two attached hydrogens (primary N) is 1. The highest BCUT2D eigenvalue weighted by molar-refractivity contribution is 9.11. The zero-order valence-electron chi connectivity index (χ0n) is 8.54. The number of methoxy groups -OCH3 is 1. The van der Waals surface area contributed by atoms with Crippen LogP contribution in [-0.2, 0) is 9.53 Å². The predicted molar refractivity (Wildman–Crippen MR) is 77.4 cm³/mol. The number of hydrogen-bond donors (Lipinski definition) is 2. The largest absolute Gasteiger partial charge is 0.506 e. The molecule has 96 valence electrons. The molecule has 1 rings (SSSR count). The number of carbonyl (C=O) groups is 1. The summed E-state index contributed by atoms with van der Waals surface area (Å²) in [4.78, 5) is 11.3. The summed E-state index contributed by atoms with van der Waals surface area (Å²) in [6.45, 7) is 0. The van der Waals surface area contributed by atoms with Gasteiger partial charge < -0.3 is 15.6 Å². The fourth-order valence-corrected chi connectivity index (χ4v) is 3.74. The molecule has 0 saturated heterocycles. The Morgan fingerprint density at radius 3 is 2.41 bits per heavy atom. The van der Waals surface area contributed by atoms with E-state index in [1.807, 2.05) is 0 Å². The first kappa shape index (κ1) is 17.2. The van der Waals surface area contributed by atoms with Gasteiger partial charge in [0.15, 0.2) is 0 Å². The van der Waals surface area contributed by atoms with E-state index in [-0.39, 0.29) is 18.2 Å². The lowest BCUT2D eigenvalue weighted by Gasteiger charge is -2.15. The highest BCUT2D eigenvalue weighted by atomic mass is 79.9. The highest BCUT2D eigenvalue weighted by Crippen LogP contribution is 2.41. The summed E-state index contributed by atoms with van der Waals surface area (Å²) >= 11 is 9.62. The van der Waals surface area contributed by atoms with Crippen molar-refractivity contribution in [3.8, 4) is 5.75 Å². The zero-order valence-corrected chi connectivity index (χ0v) is 14.1. The Balaban J connectivity index is 0.00000256. The minimum atomic E-state index is -0.965. The van der Waals surface area contributed by atoms with Gasteiger partial charge in [0.1, 0.15) is 11.8 Å². The van der Waals surface area contributed by atoms with Gasteiger partial charge in [-0.3, -0.25) is 4.79 Å². The Kier molecular flexibility index (Phi) is 7.01. The van der Waals surface area contributed by atoms with Crippen LogP contribution in [0, 0.1) is 0 Å². The molecule has 3 N–H and O–H groups in total. The van der Waals surface area contributed by atoms with Crippen LogP contribution in [-0.4, -0.2) is 18.2 Å². The molecule has 0 saturated carbocycles. The van der Waals surface area contributed by atoms with Crippen LogP contribution >= 0.6 is 60.2 Å². The monoisotopic (exact) mass is 451 g/mol. The van der Waals surface area contributed by atoms with Crippen molar-refractivity contribution in [3.63, 3.8) is 0 Å². The van der Waals surface area contributed by atoms with Crippen LogP contribution in [0.1, 0.15) is 11.6 Å². The Bertz CT molecular complexity index is 442. The van der Waals surface area contributed by atoms with Gasteiger partial charge >= 0.3 is 5.97 Å². The molecular weight excluding hydrogens is 445 g/mol. The molecule has 17 heavy (non-hydrogen) atoms. The first-order valence-electron chi connectivity index (χ1n) is 4.10. The molecule has 1 aromatic rings. The molecule has 0 fully saturated rings. The summed E-state index contributed by atoms with van der Waals surface area (Å²) in [5.41, 5.74) is 6.15. The number of carbonyl (C=O) groups excluding carboxylic acids is 1. The molecule has 0 radical (unpaired) electrons. The maximum atomic E-state index is 11.3. The Morgan fingerprint density at radius 2 is 1.94 bits per heavy atom. The van der Waals surface area contributed by atoms with Gasteiger partial charge in [0.05, 0.1) is 16.1 Å². The third kappa shape index (κ3) is 3.57. The Labute approximate surface area is 130 Å². The van der Waals surface area contributed by atoms with Gasteiger partial charge in [-0.05, 0) is 37.9 Å². The summed E-state index contributed by atoms with van der Waals surface area (Å²) in [6.07, 6.45) is 0. The van der Waals surface area contributed by atoms with E-state index in [9.17, 15) is 9.90 Å². The topological polar surface area (TPSA) is 72.5 Å². The van der Waals surface area contributed by atoms with Crippen molar-refractivity contribution >= 4 is 66.2 Å². The average molecular weight is 454 g/mol. The summed E-state index contributed by atoms with van der Waals surface area (Å²) in [7, 11) is 1.25. The first-order valence-corrected chi connectivity index (χ1v) is 6.47. The minimum absolute atomic E-state index is 0. The van der Waals surface area contributed by atoms with E-state index in [0.717, 1.165) is 0 Å². The quantitative estimate of drug-likeness (QED) is 0.673. The van der Waals surface area contributed by atoms with Crippen molar-refractivity contribution in [1.29, 1.82) is 0 Å². The fourth-order valence-electron chi connectivity index (χ4n) is 1.12. The molecule has 0 aliphatic rings. The summed E-state index contributed by atoms with van der Waals surface area (Å²) in [5, 5.41) is 9.69. The molecule has 0 amide bonds. The standard InChI is InChI=1S/C9H8Br3NO3.ClH/c1-16-9(15)7(13)5-3(10)2-4(11)8(14)6(5)12;/h2,7,14H,13H2,1H3;1H/t7-;/m0./s1. The molecule has 1 aromatic carbocycles. The lowest BCUT2D eigenvalue weighted by molar-refractivity contribution is -0.142. The smallest absolute Gasteiger partial charge is 0.327 e. The second-order valence-electron chi connectivity index (χ2n) is 2.92. The van der Waals surface area contributed by atoms with Crippen molar-refractivity contribution in [1.82, 2.24) is 0 Å². The molecule has 4 nitrogen and oxygen atoms in total. The van der Waals surface area contributed by atoms with E-state index in [4.69, 9.17) is 5.73 Å². The van der Waals surface area contributed by atoms with E-state index < -0.39 is 12.0 Å². The van der Waals surface area contributed by atoms with Crippen molar-refractivity contribution in [3.05, 3.63) is 25.0 Å². The number of aromatic hydroxyl groups is 1. The van der Waals surface area contributed by atoms with Gasteiger partial charge in [-0.15, -0.1) is 12.4 Å². The van der Waals surface area contributed by atoms with E-state index >= 15 is 0 Å². The van der Waals surface area contributed by atoms with Crippen LogP contribution in [0.15, 0.2) is 19.5 Å². The number of benzene rings is 1. The fraction of sp³-hybridized carbons (Fsp3) is 0.222. The minimum Gasteiger partial charge on any atom is -0.506 e. The number of esters is 1. The van der Waals surface area contributed by atoms with E-state index in [0.29, 0.717) is 19.0 Å². The Hall–Kier alpha value is 0.180. The van der Waals surface area contributed by atoms with Crippen LogP contribution in [0.2, 0.25) is 0 Å². The van der Waals surface area contributed by atoms with E-state index in [2.05, 4.69) is 52.5 Å². The summed E-state index contributed by atoms with van der Waals surface area (Å²) in [6, 6.07) is 0.644. The van der Waals surface area contributed by atoms with Gasteiger partial charge in [0.25, 0.3) is 0 Å². The molecule has 0 heterocycles. The zero-order chi connectivity index (χ0) is 12.5. The molecule has 1 atom stereocenters. The molecule has 0 spiro atoms. The van der Waals surface area contributed by atoms with Gasteiger partial charge in [-0.1, -0.05) is 15.9 Å². The van der Waals surface area contributed by atoms with Crippen molar-refractivity contribution < 1.29 is 14.6 Å². The molecule has 8 heteroatoms. The normalized spacial score (nSPS) is 11.6. The maximum Gasteiger partial charge on any atom is 0.327 e.